The van der Waals surface area contributed by atoms with Gasteiger partial charge in [0.2, 0.25) is 0 Å². The molecule has 0 aliphatic carbocycles. The molecule has 1 aromatic heterocycles. The molecule has 20 heavy (non-hydrogen) atoms. The molecule has 0 radical (unpaired) electrons. The van der Waals surface area contributed by atoms with Gasteiger partial charge in [0.25, 0.3) is 0 Å². The van der Waals surface area contributed by atoms with Crippen LogP contribution in [-0.4, -0.2) is 15.6 Å². The predicted molar refractivity (Wildman–Crippen MR) is 84.1 cm³/mol. The van der Waals surface area contributed by atoms with Crippen LogP contribution >= 0.6 is 15.9 Å². The van der Waals surface area contributed by atoms with E-state index in [9.17, 15) is 4.79 Å². The molecule has 0 saturated heterocycles. The van der Waals surface area contributed by atoms with Crippen LogP contribution in [0, 0.1) is 0 Å². The molecule has 0 aliphatic heterocycles. The van der Waals surface area contributed by atoms with E-state index in [-0.39, 0.29) is 5.78 Å². The summed E-state index contributed by atoms with van der Waals surface area (Å²) >= 11 is 3.55. The Morgan fingerprint density at radius 2 is 1.85 bits per heavy atom. The number of rotatable bonds is 5. The molecule has 0 bridgehead atoms. The Bertz CT molecular complexity index is 614. The number of hydrogen-bond donors (Lipinski definition) is 0. The largest absolute Gasteiger partial charge is 0.294 e. The van der Waals surface area contributed by atoms with Gasteiger partial charge in [0.15, 0.2) is 5.78 Å². The van der Waals surface area contributed by atoms with Gasteiger partial charge in [-0.1, -0.05) is 38.1 Å². The summed E-state index contributed by atoms with van der Waals surface area (Å²) in [7, 11) is 1.88. The molecule has 0 unspecified atom stereocenters. The van der Waals surface area contributed by atoms with Crippen molar-refractivity contribution in [3.05, 3.63) is 51.3 Å². The Morgan fingerprint density at radius 3 is 2.35 bits per heavy atom. The first-order valence-corrected chi connectivity index (χ1v) is 7.68. The van der Waals surface area contributed by atoms with E-state index in [2.05, 4.69) is 34.9 Å². The first-order valence-electron chi connectivity index (χ1n) is 6.89. The van der Waals surface area contributed by atoms with Gasteiger partial charge in [-0.2, -0.15) is 5.10 Å². The maximum absolute atomic E-state index is 12.4. The fourth-order valence-electron chi connectivity index (χ4n) is 2.19. The molecule has 0 fully saturated rings. The van der Waals surface area contributed by atoms with Gasteiger partial charge in [0.05, 0.1) is 22.3 Å². The summed E-state index contributed by atoms with van der Waals surface area (Å²) < 4.78 is 2.75. The van der Waals surface area contributed by atoms with Crippen LogP contribution in [0.15, 0.2) is 28.7 Å². The first-order chi connectivity index (χ1) is 9.56. The zero-order valence-corrected chi connectivity index (χ0v) is 13.7. The molecule has 0 amide bonds. The van der Waals surface area contributed by atoms with Crippen LogP contribution in [-0.2, 0) is 26.3 Å². The Kier molecular flexibility index (Phi) is 4.76. The fourth-order valence-corrected chi connectivity index (χ4v) is 2.95. The summed E-state index contributed by atoms with van der Waals surface area (Å²) in [5.74, 6) is 0.124. The summed E-state index contributed by atoms with van der Waals surface area (Å²) in [5, 5.41) is 4.42. The molecule has 0 N–H and O–H groups in total. The monoisotopic (exact) mass is 334 g/mol. The Hall–Kier alpha value is -1.42. The number of hydrogen-bond acceptors (Lipinski definition) is 2. The van der Waals surface area contributed by atoms with Crippen molar-refractivity contribution in [1.29, 1.82) is 0 Å². The van der Waals surface area contributed by atoms with E-state index in [0.717, 1.165) is 34.3 Å². The zero-order valence-electron chi connectivity index (χ0n) is 12.1. The van der Waals surface area contributed by atoms with E-state index < -0.39 is 0 Å². The molecule has 0 aliphatic rings. The summed E-state index contributed by atoms with van der Waals surface area (Å²) in [6.07, 6.45) is 2.21. The first kappa shape index (κ1) is 15.0. The molecule has 106 valence electrons. The molecule has 2 rings (SSSR count). The lowest BCUT2D eigenvalue weighted by molar-refractivity contribution is 0.0990. The van der Waals surface area contributed by atoms with Crippen molar-refractivity contribution in [2.45, 2.75) is 33.1 Å². The number of halogens is 1. The van der Waals surface area contributed by atoms with Gasteiger partial charge in [0, 0.05) is 12.6 Å². The molecule has 0 saturated carbocycles. The van der Waals surface area contributed by atoms with E-state index in [1.165, 1.54) is 5.56 Å². The van der Waals surface area contributed by atoms with Crippen molar-refractivity contribution in [2.75, 3.05) is 0 Å². The van der Waals surface area contributed by atoms with Crippen molar-refractivity contribution in [3.8, 4) is 0 Å². The number of ketones is 1. The fraction of sp³-hybridized carbons (Fsp3) is 0.375. The van der Waals surface area contributed by atoms with Crippen LogP contribution in [0.5, 0.6) is 0 Å². The number of nitrogens with zero attached hydrogens (tertiary/aromatic N) is 2. The van der Waals surface area contributed by atoms with Crippen LogP contribution in [0.4, 0.5) is 0 Å². The van der Waals surface area contributed by atoms with E-state index in [1.807, 2.05) is 31.3 Å². The Morgan fingerprint density at radius 1 is 1.20 bits per heavy atom. The lowest BCUT2D eigenvalue weighted by Gasteiger charge is -2.04. The van der Waals surface area contributed by atoms with Crippen LogP contribution < -0.4 is 0 Å². The lowest BCUT2D eigenvalue weighted by Crippen LogP contribution is -2.08. The molecule has 2 aromatic rings. The van der Waals surface area contributed by atoms with Gasteiger partial charge in [-0.05, 0) is 34.3 Å². The molecular formula is C16H19BrN2O. The highest BCUT2D eigenvalue weighted by atomic mass is 79.9. The molecular weight excluding hydrogens is 316 g/mol. The average molecular weight is 335 g/mol. The van der Waals surface area contributed by atoms with Gasteiger partial charge in [-0.25, -0.2) is 0 Å². The minimum absolute atomic E-state index is 0.124. The number of carbonyl (C=O) groups is 1. The molecule has 3 nitrogen and oxygen atoms in total. The van der Waals surface area contributed by atoms with E-state index in [1.54, 1.807) is 4.68 Å². The smallest absolute Gasteiger partial charge is 0.168 e. The topological polar surface area (TPSA) is 34.9 Å². The summed E-state index contributed by atoms with van der Waals surface area (Å²) in [6, 6.07) is 7.85. The highest BCUT2D eigenvalue weighted by Crippen LogP contribution is 2.23. The highest BCUT2D eigenvalue weighted by Gasteiger charge is 2.16. The van der Waals surface area contributed by atoms with Crippen molar-refractivity contribution < 1.29 is 4.79 Å². The van der Waals surface area contributed by atoms with Crippen molar-refractivity contribution in [3.63, 3.8) is 0 Å². The molecule has 1 heterocycles. The van der Waals surface area contributed by atoms with Crippen LogP contribution in [0.1, 0.15) is 41.2 Å². The van der Waals surface area contributed by atoms with Crippen molar-refractivity contribution in [2.24, 2.45) is 7.05 Å². The van der Waals surface area contributed by atoms with Gasteiger partial charge in [-0.3, -0.25) is 9.48 Å². The normalized spacial score (nSPS) is 10.8. The number of carbonyl (C=O) groups excluding carboxylic acids is 1. The predicted octanol–water partition coefficient (Wildman–Crippen LogP) is 3.73. The average Bonchev–Trinajstić information content (AvgIpc) is 2.74. The van der Waals surface area contributed by atoms with Gasteiger partial charge >= 0.3 is 0 Å². The minimum Gasteiger partial charge on any atom is -0.294 e. The maximum Gasteiger partial charge on any atom is 0.168 e. The van der Waals surface area contributed by atoms with Gasteiger partial charge in [0.1, 0.15) is 0 Å². The van der Waals surface area contributed by atoms with Crippen LogP contribution in [0.3, 0.4) is 0 Å². The van der Waals surface area contributed by atoms with E-state index >= 15 is 0 Å². The van der Waals surface area contributed by atoms with Crippen LogP contribution in [0.2, 0.25) is 0 Å². The zero-order chi connectivity index (χ0) is 14.7. The third kappa shape index (κ3) is 3.01. The highest BCUT2D eigenvalue weighted by molar-refractivity contribution is 9.10. The summed E-state index contributed by atoms with van der Waals surface area (Å²) in [4.78, 5) is 12.4. The summed E-state index contributed by atoms with van der Waals surface area (Å²) in [6.45, 7) is 4.16. The second-order valence-corrected chi connectivity index (χ2v) is 5.63. The van der Waals surface area contributed by atoms with Crippen LogP contribution in [0.25, 0.3) is 0 Å². The molecule has 0 atom stereocenters. The molecule has 0 spiro atoms. The van der Waals surface area contributed by atoms with Crippen molar-refractivity contribution in [1.82, 2.24) is 9.78 Å². The molecule has 4 heteroatoms. The number of Topliss-reactive ketones (excluding diaryl/α,β-unsaturated/α-hetero) is 1. The second kappa shape index (κ2) is 6.35. The second-order valence-electron chi connectivity index (χ2n) is 4.83. The third-order valence-corrected chi connectivity index (χ3v) is 4.43. The molecule has 1 aromatic carbocycles. The quantitative estimate of drug-likeness (QED) is 0.781. The minimum atomic E-state index is 0.124. The number of aromatic nitrogens is 2. The number of aryl methyl sites for hydroxylation is 3. The summed E-state index contributed by atoms with van der Waals surface area (Å²) in [5.41, 5.74) is 3.94. The van der Waals surface area contributed by atoms with Gasteiger partial charge in [-0.15, -0.1) is 0 Å². The number of benzene rings is 1. The van der Waals surface area contributed by atoms with E-state index in [4.69, 9.17) is 0 Å². The standard InChI is InChI=1S/C16H19BrN2O/c1-4-11-6-8-12(9-7-11)15(20)10-14-16(17)13(5-2)18-19(14)3/h6-9H,4-5,10H2,1-3H3. The Labute approximate surface area is 128 Å². The maximum atomic E-state index is 12.4. The van der Waals surface area contributed by atoms with Gasteiger partial charge < -0.3 is 0 Å². The Balaban J connectivity index is 2.20. The third-order valence-electron chi connectivity index (χ3n) is 3.52. The lowest BCUT2D eigenvalue weighted by atomic mass is 10.0. The van der Waals surface area contributed by atoms with Crippen molar-refractivity contribution >= 4 is 21.7 Å². The van der Waals surface area contributed by atoms with E-state index in [0.29, 0.717) is 6.42 Å². The SMILES string of the molecule is CCc1ccc(C(=O)Cc2c(Br)c(CC)nn2C)cc1.